The first kappa shape index (κ1) is 17.0. The molecule has 0 fully saturated rings. The molecule has 0 bridgehead atoms. The second-order valence-corrected chi connectivity index (χ2v) is 6.67. The first-order valence-electron chi connectivity index (χ1n) is 7.47. The fraction of sp³-hybridized carbons (Fsp3) is 0.471. The Morgan fingerprint density at radius 3 is 2.64 bits per heavy atom. The molecule has 0 aliphatic heterocycles. The summed E-state index contributed by atoms with van der Waals surface area (Å²) < 4.78 is 7.07. The van der Waals surface area contributed by atoms with Crippen LogP contribution in [0.3, 0.4) is 0 Å². The molecule has 0 saturated heterocycles. The third-order valence-electron chi connectivity index (χ3n) is 3.40. The molecule has 0 saturated carbocycles. The van der Waals surface area contributed by atoms with Gasteiger partial charge >= 0.3 is 0 Å². The van der Waals surface area contributed by atoms with Crippen LogP contribution in [0.15, 0.2) is 30.5 Å². The van der Waals surface area contributed by atoms with Crippen LogP contribution in [-0.4, -0.2) is 30.0 Å². The van der Waals surface area contributed by atoms with Gasteiger partial charge in [0.2, 0.25) is 0 Å². The van der Waals surface area contributed by atoms with Crippen LogP contribution in [0.5, 0.6) is 0 Å². The van der Waals surface area contributed by atoms with E-state index in [1.807, 2.05) is 28.9 Å². The van der Waals surface area contributed by atoms with Crippen LogP contribution in [0, 0.1) is 0 Å². The largest absolute Gasteiger partial charge is 0.383 e. The van der Waals surface area contributed by atoms with Gasteiger partial charge in [0, 0.05) is 37.5 Å². The van der Waals surface area contributed by atoms with Crippen molar-refractivity contribution in [2.75, 3.05) is 20.3 Å². The molecule has 2 aromatic rings. The van der Waals surface area contributed by atoms with Gasteiger partial charge in [0.1, 0.15) is 0 Å². The van der Waals surface area contributed by atoms with Crippen LogP contribution in [0.4, 0.5) is 0 Å². The summed E-state index contributed by atoms with van der Waals surface area (Å²) in [5.41, 5.74) is 2.97. The van der Waals surface area contributed by atoms with Gasteiger partial charge < -0.3 is 10.1 Å². The Hall–Kier alpha value is -1.36. The van der Waals surface area contributed by atoms with Crippen molar-refractivity contribution in [1.29, 1.82) is 0 Å². The molecular formula is C17H24ClN3O. The van der Waals surface area contributed by atoms with E-state index in [1.165, 1.54) is 0 Å². The number of methoxy groups -OCH3 is 1. The lowest BCUT2D eigenvalue weighted by Crippen LogP contribution is -2.22. The SMILES string of the molecule is COCCNCc1cn(C(C)(C)C)nc1-c1ccccc1Cl. The Morgan fingerprint density at radius 1 is 1.27 bits per heavy atom. The van der Waals surface area contributed by atoms with Crippen molar-refractivity contribution in [1.82, 2.24) is 15.1 Å². The lowest BCUT2D eigenvalue weighted by Gasteiger charge is -2.18. The first-order chi connectivity index (χ1) is 10.4. The molecule has 0 aliphatic carbocycles. The monoisotopic (exact) mass is 321 g/mol. The number of hydrogen-bond donors (Lipinski definition) is 1. The number of benzene rings is 1. The number of halogens is 1. The maximum absolute atomic E-state index is 6.35. The molecule has 0 spiro atoms. The minimum Gasteiger partial charge on any atom is -0.383 e. The van der Waals surface area contributed by atoms with E-state index in [2.05, 4.69) is 32.3 Å². The summed E-state index contributed by atoms with van der Waals surface area (Å²) in [6.07, 6.45) is 2.10. The summed E-state index contributed by atoms with van der Waals surface area (Å²) in [5.74, 6) is 0. The zero-order chi connectivity index (χ0) is 16.2. The van der Waals surface area contributed by atoms with Gasteiger partial charge in [-0.3, -0.25) is 4.68 Å². The smallest absolute Gasteiger partial charge is 0.0983 e. The first-order valence-corrected chi connectivity index (χ1v) is 7.85. The molecule has 0 radical (unpaired) electrons. The third kappa shape index (κ3) is 4.09. The average Bonchev–Trinajstić information content (AvgIpc) is 2.88. The number of ether oxygens (including phenoxy) is 1. The molecule has 0 aliphatic rings. The Balaban J connectivity index is 2.34. The van der Waals surface area contributed by atoms with Crippen molar-refractivity contribution < 1.29 is 4.74 Å². The van der Waals surface area contributed by atoms with Crippen molar-refractivity contribution in [3.05, 3.63) is 41.0 Å². The second-order valence-electron chi connectivity index (χ2n) is 6.27. The lowest BCUT2D eigenvalue weighted by atomic mass is 10.1. The molecule has 1 aromatic carbocycles. The Bertz CT molecular complexity index is 617. The van der Waals surface area contributed by atoms with E-state index in [1.54, 1.807) is 7.11 Å². The van der Waals surface area contributed by atoms with E-state index in [4.69, 9.17) is 21.4 Å². The highest BCUT2D eigenvalue weighted by Gasteiger charge is 2.19. The van der Waals surface area contributed by atoms with Gasteiger partial charge in [0.25, 0.3) is 0 Å². The predicted octanol–water partition coefficient (Wildman–Crippen LogP) is 3.69. The van der Waals surface area contributed by atoms with Gasteiger partial charge in [-0.15, -0.1) is 0 Å². The van der Waals surface area contributed by atoms with E-state index >= 15 is 0 Å². The standard InChI is InChI=1S/C17H24ClN3O/c1-17(2,3)21-12-13(11-19-9-10-22-4)16(20-21)14-7-5-6-8-15(14)18/h5-8,12,19H,9-11H2,1-4H3. The number of aromatic nitrogens is 2. The van der Waals surface area contributed by atoms with E-state index in [9.17, 15) is 0 Å². The molecular weight excluding hydrogens is 298 g/mol. The highest BCUT2D eigenvalue weighted by Crippen LogP contribution is 2.30. The average molecular weight is 322 g/mol. The predicted molar refractivity (Wildman–Crippen MR) is 91.3 cm³/mol. The molecule has 1 N–H and O–H groups in total. The van der Waals surface area contributed by atoms with Gasteiger partial charge in [-0.05, 0) is 26.8 Å². The Kier molecular flexibility index (Phi) is 5.62. The van der Waals surface area contributed by atoms with E-state index in [0.717, 1.165) is 34.9 Å². The summed E-state index contributed by atoms with van der Waals surface area (Å²) >= 11 is 6.35. The quantitative estimate of drug-likeness (QED) is 0.825. The summed E-state index contributed by atoms with van der Waals surface area (Å²) in [7, 11) is 1.70. The van der Waals surface area contributed by atoms with Crippen molar-refractivity contribution in [3.63, 3.8) is 0 Å². The minimum atomic E-state index is -0.0687. The van der Waals surface area contributed by atoms with Crippen molar-refractivity contribution in [2.24, 2.45) is 0 Å². The molecule has 120 valence electrons. The van der Waals surface area contributed by atoms with E-state index in [0.29, 0.717) is 6.61 Å². The van der Waals surface area contributed by atoms with Crippen molar-refractivity contribution >= 4 is 11.6 Å². The van der Waals surface area contributed by atoms with Crippen LogP contribution in [0.1, 0.15) is 26.3 Å². The molecule has 4 nitrogen and oxygen atoms in total. The van der Waals surface area contributed by atoms with Crippen LogP contribution in [0.2, 0.25) is 5.02 Å². The van der Waals surface area contributed by atoms with Crippen LogP contribution < -0.4 is 5.32 Å². The summed E-state index contributed by atoms with van der Waals surface area (Å²) in [6.45, 7) is 8.64. The fourth-order valence-corrected chi connectivity index (χ4v) is 2.39. The van der Waals surface area contributed by atoms with Gasteiger partial charge in [-0.2, -0.15) is 5.10 Å². The summed E-state index contributed by atoms with van der Waals surface area (Å²) in [4.78, 5) is 0. The maximum Gasteiger partial charge on any atom is 0.0983 e. The number of nitrogens with zero attached hydrogens (tertiary/aromatic N) is 2. The Labute approximate surface area is 137 Å². The van der Waals surface area contributed by atoms with Gasteiger partial charge in [0.05, 0.1) is 22.9 Å². The van der Waals surface area contributed by atoms with Crippen LogP contribution in [0.25, 0.3) is 11.3 Å². The van der Waals surface area contributed by atoms with Gasteiger partial charge in [-0.1, -0.05) is 29.8 Å². The minimum absolute atomic E-state index is 0.0687. The molecule has 22 heavy (non-hydrogen) atoms. The number of nitrogens with one attached hydrogen (secondary N) is 1. The lowest BCUT2D eigenvalue weighted by molar-refractivity contribution is 0.199. The second kappa shape index (κ2) is 7.27. The summed E-state index contributed by atoms with van der Waals surface area (Å²) in [6, 6.07) is 7.83. The molecule has 1 heterocycles. The highest BCUT2D eigenvalue weighted by atomic mass is 35.5. The van der Waals surface area contributed by atoms with Crippen molar-refractivity contribution in [2.45, 2.75) is 32.9 Å². The van der Waals surface area contributed by atoms with Crippen LogP contribution in [-0.2, 0) is 16.8 Å². The highest BCUT2D eigenvalue weighted by molar-refractivity contribution is 6.33. The fourth-order valence-electron chi connectivity index (χ4n) is 2.16. The maximum atomic E-state index is 6.35. The van der Waals surface area contributed by atoms with E-state index < -0.39 is 0 Å². The Morgan fingerprint density at radius 2 is 2.00 bits per heavy atom. The number of rotatable bonds is 6. The van der Waals surface area contributed by atoms with Crippen molar-refractivity contribution in [3.8, 4) is 11.3 Å². The molecule has 1 aromatic heterocycles. The third-order valence-corrected chi connectivity index (χ3v) is 3.73. The molecule has 0 amide bonds. The molecule has 0 unspecified atom stereocenters. The molecule has 2 rings (SSSR count). The zero-order valence-corrected chi connectivity index (χ0v) is 14.4. The van der Waals surface area contributed by atoms with Gasteiger partial charge in [-0.25, -0.2) is 0 Å². The van der Waals surface area contributed by atoms with E-state index in [-0.39, 0.29) is 5.54 Å². The number of hydrogen-bond acceptors (Lipinski definition) is 3. The molecule has 5 heteroatoms. The summed E-state index contributed by atoms with van der Waals surface area (Å²) in [5, 5.41) is 8.87. The molecule has 0 atom stereocenters. The zero-order valence-electron chi connectivity index (χ0n) is 13.7. The van der Waals surface area contributed by atoms with Gasteiger partial charge in [0.15, 0.2) is 0 Å². The van der Waals surface area contributed by atoms with Crippen LogP contribution >= 0.6 is 11.6 Å². The topological polar surface area (TPSA) is 39.1 Å². The normalized spacial score (nSPS) is 11.9.